The number of carbonyl (C=O) groups is 3. The summed E-state index contributed by atoms with van der Waals surface area (Å²) in [6.45, 7) is 2.66. The van der Waals surface area contributed by atoms with E-state index in [1.54, 1.807) is 41.3 Å². The highest BCUT2D eigenvalue weighted by molar-refractivity contribution is 5.98. The van der Waals surface area contributed by atoms with Crippen LogP contribution in [0, 0.1) is 6.92 Å². The second-order valence-corrected chi connectivity index (χ2v) is 10.0. The second kappa shape index (κ2) is 12.2. The molecule has 0 unspecified atom stereocenters. The smallest absolute Gasteiger partial charge is 0.258 e. The number of piperidine rings is 1. The van der Waals surface area contributed by atoms with E-state index >= 15 is 0 Å². The highest BCUT2D eigenvalue weighted by atomic mass is 16.5. The van der Waals surface area contributed by atoms with Crippen LogP contribution in [0.15, 0.2) is 60.7 Å². The van der Waals surface area contributed by atoms with Crippen molar-refractivity contribution in [1.29, 1.82) is 0 Å². The Labute approximate surface area is 238 Å². The van der Waals surface area contributed by atoms with Gasteiger partial charge in [0.05, 0.1) is 25.8 Å². The number of carbonyl (C=O) groups excluding carboxylic acids is 3. The van der Waals surface area contributed by atoms with E-state index < -0.39 is 12.1 Å². The van der Waals surface area contributed by atoms with Crippen LogP contribution >= 0.6 is 0 Å². The maximum Gasteiger partial charge on any atom is 0.258 e. The molecule has 2 N–H and O–H groups in total. The van der Waals surface area contributed by atoms with Gasteiger partial charge in [-0.2, -0.15) is 0 Å². The molecule has 3 amide bonds. The summed E-state index contributed by atoms with van der Waals surface area (Å²) < 4.78 is 22.9. The Morgan fingerprint density at radius 1 is 1.00 bits per heavy atom. The van der Waals surface area contributed by atoms with Gasteiger partial charge in [0, 0.05) is 31.6 Å². The SMILES string of the molecule is COc1ccc(OC)c(C(=O)N2CC[C@@H]3Oc4ccc(cc4)CNC(=O)COc4cc(ccc4C)C(=O)N[C@H]3C2)c1. The third-order valence-electron chi connectivity index (χ3n) is 7.30. The molecule has 6 rings (SSSR count). The van der Waals surface area contributed by atoms with Gasteiger partial charge in [-0.05, 0) is 60.5 Å². The van der Waals surface area contributed by atoms with Crippen LogP contribution in [0.4, 0.5) is 0 Å². The van der Waals surface area contributed by atoms with E-state index in [1.807, 2.05) is 31.2 Å². The van der Waals surface area contributed by atoms with Gasteiger partial charge in [0.25, 0.3) is 17.7 Å². The molecule has 0 aromatic heterocycles. The topological polar surface area (TPSA) is 115 Å². The van der Waals surface area contributed by atoms with Crippen molar-refractivity contribution in [3.05, 3.63) is 82.9 Å². The summed E-state index contributed by atoms with van der Waals surface area (Å²) in [7, 11) is 3.05. The number of nitrogens with zero attached hydrogens (tertiary/aromatic N) is 1. The van der Waals surface area contributed by atoms with Gasteiger partial charge >= 0.3 is 0 Å². The number of hydrogen-bond acceptors (Lipinski definition) is 7. The molecule has 1 fully saturated rings. The van der Waals surface area contributed by atoms with Crippen molar-refractivity contribution in [3.8, 4) is 23.0 Å². The fourth-order valence-corrected chi connectivity index (χ4v) is 4.95. The summed E-state index contributed by atoms with van der Waals surface area (Å²) in [5.41, 5.74) is 2.45. The normalized spacial score (nSPS) is 19.0. The van der Waals surface area contributed by atoms with Crippen LogP contribution in [0.1, 0.15) is 38.3 Å². The van der Waals surface area contributed by atoms with Gasteiger partial charge in [-0.25, -0.2) is 0 Å². The quantitative estimate of drug-likeness (QED) is 0.507. The number of aryl methyl sites for hydroxylation is 1. The van der Waals surface area contributed by atoms with Gasteiger partial charge in [0.15, 0.2) is 6.61 Å². The molecule has 3 aliphatic rings. The van der Waals surface area contributed by atoms with Crippen molar-refractivity contribution in [2.75, 3.05) is 33.9 Å². The van der Waals surface area contributed by atoms with Crippen molar-refractivity contribution in [1.82, 2.24) is 15.5 Å². The number of fused-ring (bicyclic) bond motifs is 7. The third kappa shape index (κ3) is 6.37. The van der Waals surface area contributed by atoms with E-state index in [1.165, 1.54) is 14.2 Å². The molecule has 3 aliphatic heterocycles. The molecule has 10 heteroatoms. The molecule has 41 heavy (non-hydrogen) atoms. The predicted molar refractivity (Wildman–Crippen MR) is 151 cm³/mol. The monoisotopic (exact) mass is 559 g/mol. The molecule has 4 bridgehead atoms. The lowest BCUT2D eigenvalue weighted by atomic mass is 9.99. The highest BCUT2D eigenvalue weighted by Crippen LogP contribution is 2.28. The first-order valence-electron chi connectivity index (χ1n) is 13.4. The Morgan fingerprint density at radius 2 is 1.80 bits per heavy atom. The maximum atomic E-state index is 13.7. The fourth-order valence-electron chi connectivity index (χ4n) is 4.95. The largest absolute Gasteiger partial charge is 0.497 e. The van der Waals surface area contributed by atoms with Crippen LogP contribution in [0.2, 0.25) is 0 Å². The number of nitrogens with one attached hydrogen (secondary N) is 2. The number of likely N-dealkylation sites (tertiary alicyclic amines) is 1. The molecule has 0 aliphatic carbocycles. The summed E-state index contributed by atoms with van der Waals surface area (Å²) in [5.74, 6) is 1.21. The first-order valence-corrected chi connectivity index (χ1v) is 13.4. The van der Waals surface area contributed by atoms with E-state index in [2.05, 4.69) is 10.6 Å². The summed E-state index contributed by atoms with van der Waals surface area (Å²) in [6, 6.07) is 17.1. The Kier molecular flexibility index (Phi) is 8.28. The van der Waals surface area contributed by atoms with Crippen LogP contribution in [0.5, 0.6) is 23.0 Å². The first-order chi connectivity index (χ1) is 19.8. The zero-order valence-corrected chi connectivity index (χ0v) is 23.3. The molecular formula is C31H33N3O7. The van der Waals surface area contributed by atoms with Gasteiger partial charge in [0.2, 0.25) is 0 Å². The van der Waals surface area contributed by atoms with Gasteiger partial charge in [-0.1, -0.05) is 18.2 Å². The molecule has 3 aromatic rings. The zero-order valence-electron chi connectivity index (χ0n) is 23.3. The molecule has 214 valence electrons. The van der Waals surface area contributed by atoms with Crippen molar-refractivity contribution in [2.45, 2.75) is 32.0 Å². The number of hydrogen-bond donors (Lipinski definition) is 2. The Bertz CT molecular complexity index is 1440. The standard InChI is InChI=1S/C31H33N3O7/c1-19-4-7-21-14-28(19)40-18-29(35)32-16-20-5-8-22(9-6-20)41-27-12-13-34(17-25(27)33-30(21)36)31(37)24-15-23(38-2)10-11-26(24)39-3/h4-11,14-15,25,27H,12-13,16-18H2,1-3H3,(H,32,35)(H,33,36)/t25-,27-/m0/s1. The molecule has 0 radical (unpaired) electrons. The minimum absolute atomic E-state index is 0.178. The van der Waals surface area contributed by atoms with Crippen LogP contribution in [-0.4, -0.2) is 68.7 Å². The van der Waals surface area contributed by atoms with Gasteiger partial charge in [-0.15, -0.1) is 0 Å². The average molecular weight is 560 g/mol. The van der Waals surface area contributed by atoms with Crippen molar-refractivity contribution in [2.24, 2.45) is 0 Å². The zero-order chi connectivity index (χ0) is 28.9. The molecule has 3 aromatic carbocycles. The van der Waals surface area contributed by atoms with Crippen molar-refractivity contribution in [3.63, 3.8) is 0 Å². The lowest BCUT2D eigenvalue weighted by Gasteiger charge is -2.39. The number of ether oxygens (including phenoxy) is 4. The fraction of sp³-hybridized carbons (Fsp3) is 0.323. The maximum absolute atomic E-state index is 13.7. The average Bonchev–Trinajstić information content (AvgIpc) is 3.00. The Morgan fingerprint density at radius 3 is 2.56 bits per heavy atom. The summed E-state index contributed by atoms with van der Waals surface area (Å²) >= 11 is 0. The predicted octanol–water partition coefficient (Wildman–Crippen LogP) is 3.11. The minimum Gasteiger partial charge on any atom is -0.497 e. The van der Waals surface area contributed by atoms with Gasteiger partial charge in [0.1, 0.15) is 29.1 Å². The van der Waals surface area contributed by atoms with Crippen molar-refractivity contribution < 1.29 is 33.3 Å². The lowest BCUT2D eigenvalue weighted by Crippen LogP contribution is -2.58. The van der Waals surface area contributed by atoms with E-state index in [0.717, 1.165) is 11.1 Å². The third-order valence-corrected chi connectivity index (χ3v) is 7.30. The van der Waals surface area contributed by atoms with E-state index in [0.29, 0.717) is 53.6 Å². The molecular weight excluding hydrogens is 526 g/mol. The number of methoxy groups -OCH3 is 2. The van der Waals surface area contributed by atoms with Crippen LogP contribution in [0.25, 0.3) is 0 Å². The van der Waals surface area contributed by atoms with E-state index in [4.69, 9.17) is 18.9 Å². The number of rotatable bonds is 3. The summed E-state index contributed by atoms with van der Waals surface area (Å²) in [5, 5.41) is 5.92. The van der Waals surface area contributed by atoms with Crippen LogP contribution in [0.3, 0.4) is 0 Å². The van der Waals surface area contributed by atoms with Gasteiger partial charge in [-0.3, -0.25) is 14.4 Å². The molecule has 0 saturated carbocycles. The van der Waals surface area contributed by atoms with Crippen LogP contribution in [-0.2, 0) is 11.3 Å². The molecule has 1 saturated heterocycles. The summed E-state index contributed by atoms with van der Waals surface area (Å²) in [6.07, 6.45) is 0.0980. The van der Waals surface area contributed by atoms with E-state index in [-0.39, 0.29) is 30.9 Å². The van der Waals surface area contributed by atoms with Crippen LogP contribution < -0.4 is 29.6 Å². The van der Waals surface area contributed by atoms with E-state index in [9.17, 15) is 14.4 Å². The Balaban J connectivity index is 1.45. The van der Waals surface area contributed by atoms with Crippen molar-refractivity contribution >= 4 is 17.7 Å². The molecule has 2 atom stereocenters. The molecule has 0 spiro atoms. The first kappa shape index (κ1) is 27.8. The van der Waals surface area contributed by atoms with Gasteiger partial charge < -0.3 is 34.5 Å². The number of amides is 3. The highest BCUT2D eigenvalue weighted by Gasteiger charge is 2.35. The Hall–Kier alpha value is -4.73. The second-order valence-electron chi connectivity index (χ2n) is 10.0. The summed E-state index contributed by atoms with van der Waals surface area (Å²) in [4.78, 5) is 41.2. The molecule has 3 heterocycles. The lowest BCUT2D eigenvalue weighted by molar-refractivity contribution is -0.123. The minimum atomic E-state index is -0.513. The number of benzene rings is 3. The molecule has 10 nitrogen and oxygen atoms in total.